The van der Waals surface area contributed by atoms with Crippen molar-refractivity contribution in [2.75, 3.05) is 38.3 Å². The van der Waals surface area contributed by atoms with Crippen LogP contribution in [0.4, 0.5) is 5.69 Å². The van der Waals surface area contributed by atoms with Crippen LogP contribution in [0.2, 0.25) is 5.02 Å². The molecule has 2 rings (SSSR count). The number of methoxy groups -OCH3 is 1. The number of benzene rings is 1. The molecule has 0 atom stereocenters. The second-order valence-corrected chi connectivity index (χ2v) is 5.82. The van der Waals surface area contributed by atoms with E-state index in [9.17, 15) is 0 Å². The molecule has 0 bridgehead atoms. The quantitative estimate of drug-likeness (QED) is 0.871. The van der Waals surface area contributed by atoms with E-state index in [0.29, 0.717) is 5.92 Å². The highest BCUT2D eigenvalue weighted by Crippen LogP contribution is 2.33. The molecule has 1 fully saturated rings. The standard InChI is InChI=1S/C16H25ClN2O/c1-3-18-11-14-5-4-6-15(17)16(14)19-9-7-13(8-10-19)12-20-2/h4-6,13,18H,3,7-12H2,1-2H3. The Balaban J connectivity index is 2.08. The van der Waals surface area contributed by atoms with Gasteiger partial charge in [0.15, 0.2) is 0 Å². The first kappa shape index (κ1) is 15.6. The fourth-order valence-electron chi connectivity index (χ4n) is 2.88. The molecule has 1 saturated heterocycles. The van der Waals surface area contributed by atoms with Gasteiger partial charge in [0.05, 0.1) is 10.7 Å². The summed E-state index contributed by atoms with van der Waals surface area (Å²) in [5, 5.41) is 4.26. The minimum Gasteiger partial charge on any atom is -0.384 e. The van der Waals surface area contributed by atoms with Crippen LogP contribution in [0.1, 0.15) is 25.3 Å². The topological polar surface area (TPSA) is 24.5 Å². The Morgan fingerprint density at radius 2 is 2.10 bits per heavy atom. The molecular weight excluding hydrogens is 272 g/mol. The molecule has 0 aromatic heterocycles. The lowest BCUT2D eigenvalue weighted by Crippen LogP contribution is -2.36. The van der Waals surface area contributed by atoms with Gasteiger partial charge in [-0.1, -0.05) is 30.7 Å². The van der Waals surface area contributed by atoms with E-state index in [2.05, 4.69) is 23.2 Å². The van der Waals surface area contributed by atoms with Crippen molar-refractivity contribution < 1.29 is 4.74 Å². The highest BCUT2D eigenvalue weighted by molar-refractivity contribution is 6.33. The molecule has 0 amide bonds. The van der Waals surface area contributed by atoms with Gasteiger partial charge in [-0.25, -0.2) is 0 Å². The van der Waals surface area contributed by atoms with Gasteiger partial charge in [0, 0.05) is 33.4 Å². The number of nitrogens with zero attached hydrogens (tertiary/aromatic N) is 1. The van der Waals surface area contributed by atoms with E-state index >= 15 is 0 Å². The van der Waals surface area contributed by atoms with Gasteiger partial charge in [-0.3, -0.25) is 0 Å². The summed E-state index contributed by atoms with van der Waals surface area (Å²) in [4.78, 5) is 2.43. The van der Waals surface area contributed by atoms with Gasteiger partial charge >= 0.3 is 0 Å². The van der Waals surface area contributed by atoms with Crippen molar-refractivity contribution in [2.45, 2.75) is 26.3 Å². The molecule has 112 valence electrons. The van der Waals surface area contributed by atoms with Gasteiger partial charge in [-0.05, 0) is 36.9 Å². The molecule has 1 aliphatic rings. The monoisotopic (exact) mass is 296 g/mol. The Labute approximate surface area is 127 Å². The number of ether oxygens (including phenoxy) is 1. The predicted octanol–water partition coefficient (Wildman–Crippen LogP) is 3.31. The van der Waals surface area contributed by atoms with Gasteiger partial charge in [-0.15, -0.1) is 0 Å². The number of anilines is 1. The third kappa shape index (κ3) is 3.87. The lowest BCUT2D eigenvalue weighted by molar-refractivity contribution is 0.139. The number of piperidine rings is 1. The fourth-order valence-corrected chi connectivity index (χ4v) is 3.19. The van der Waals surface area contributed by atoms with E-state index in [1.807, 2.05) is 12.1 Å². The van der Waals surface area contributed by atoms with Crippen molar-refractivity contribution >= 4 is 17.3 Å². The van der Waals surface area contributed by atoms with E-state index in [0.717, 1.165) is 37.8 Å². The van der Waals surface area contributed by atoms with Crippen LogP contribution in [0.3, 0.4) is 0 Å². The van der Waals surface area contributed by atoms with Crippen LogP contribution >= 0.6 is 11.6 Å². The molecular formula is C16H25ClN2O. The van der Waals surface area contributed by atoms with Gasteiger partial charge in [0.1, 0.15) is 0 Å². The van der Waals surface area contributed by atoms with Crippen LogP contribution in [0, 0.1) is 5.92 Å². The summed E-state index contributed by atoms with van der Waals surface area (Å²) in [6, 6.07) is 6.20. The SMILES string of the molecule is CCNCc1cccc(Cl)c1N1CCC(COC)CC1. The Hall–Kier alpha value is -0.770. The zero-order valence-electron chi connectivity index (χ0n) is 12.5. The molecule has 1 aromatic rings. The molecule has 20 heavy (non-hydrogen) atoms. The Bertz CT molecular complexity index is 417. The Morgan fingerprint density at radius 3 is 2.75 bits per heavy atom. The molecule has 0 spiro atoms. The maximum Gasteiger partial charge on any atom is 0.0642 e. The predicted molar refractivity (Wildman–Crippen MR) is 85.6 cm³/mol. The summed E-state index contributed by atoms with van der Waals surface area (Å²) in [7, 11) is 1.79. The van der Waals surface area contributed by atoms with E-state index < -0.39 is 0 Å². The second-order valence-electron chi connectivity index (χ2n) is 5.41. The zero-order chi connectivity index (χ0) is 14.4. The van der Waals surface area contributed by atoms with Crippen molar-refractivity contribution in [3.05, 3.63) is 28.8 Å². The summed E-state index contributed by atoms with van der Waals surface area (Å²) >= 11 is 6.45. The molecule has 0 aliphatic carbocycles. The van der Waals surface area contributed by atoms with Crippen LogP contribution in [0.25, 0.3) is 0 Å². The molecule has 0 radical (unpaired) electrons. The number of hydrogen-bond donors (Lipinski definition) is 1. The molecule has 3 nitrogen and oxygen atoms in total. The first-order valence-electron chi connectivity index (χ1n) is 7.48. The average molecular weight is 297 g/mol. The summed E-state index contributed by atoms with van der Waals surface area (Å²) in [6.45, 7) is 6.99. The molecule has 1 heterocycles. The van der Waals surface area contributed by atoms with Crippen LogP contribution in [0.5, 0.6) is 0 Å². The van der Waals surface area contributed by atoms with Crippen LogP contribution in [-0.4, -0.2) is 33.4 Å². The molecule has 1 N–H and O–H groups in total. The first-order valence-corrected chi connectivity index (χ1v) is 7.86. The summed E-state index contributed by atoms with van der Waals surface area (Å²) < 4.78 is 5.27. The molecule has 1 aliphatic heterocycles. The fraction of sp³-hybridized carbons (Fsp3) is 0.625. The number of halogens is 1. The minimum absolute atomic E-state index is 0.691. The first-order chi connectivity index (χ1) is 9.76. The van der Waals surface area contributed by atoms with E-state index in [1.54, 1.807) is 7.11 Å². The van der Waals surface area contributed by atoms with Crippen molar-refractivity contribution in [3.63, 3.8) is 0 Å². The van der Waals surface area contributed by atoms with Crippen molar-refractivity contribution in [2.24, 2.45) is 5.92 Å². The second kappa shape index (κ2) is 7.87. The van der Waals surface area contributed by atoms with Crippen molar-refractivity contribution in [1.29, 1.82) is 0 Å². The maximum atomic E-state index is 6.45. The van der Waals surface area contributed by atoms with Crippen LogP contribution in [0.15, 0.2) is 18.2 Å². The summed E-state index contributed by atoms with van der Waals surface area (Å²) in [5.74, 6) is 0.691. The lowest BCUT2D eigenvalue weighted by Gasteiger charge is -2.35. The zero-order valence-corrected chi connectivity index (χ0v) is 13.2. The summed E-state index contributed by atoms with van der Waals surface area (Å²) in [6.07, 6.45) is 2.36. The molecule has 1 aromatic carbocycles. The number of hydrogen-bond acceptors (Lipinski definition) is 3. The van der Waals surface area contributed by atoms with E-state index in [-0.39, 0.29) is 0 Å². The summed E-state index contributed by atoms with van der Waals surface area (Å²) in [5.41, 5.74) is 2.51. The van der Waals surface area contributed by atoms with Gasteiger partial charge in [0.25, 0.3) is 0 Å². The highest BCUT2D eigenvalue weighted by Gasteiger charge is 2.22. The number of nitrogens with one attached hydrogen (secondary N) is 1. The van der Waals surface area contributed by atoms with E-state index in [1.165, 1.54) is 24.1 Å². The van der Waals surface area contributed by atoms with Crippen molar-refractivity contribution in [3.8, 4) is 0 Å². The van der Waals surface area contributed by atoms with Crippen LogP contribution in [-0.2, 0) is 11.3 Å². The Morgan fingerprint density at radius 1 is 1.35 bits per heavy atom. The largest absolute Gasteiger partial charge is 0.384 e. The van der Waals surface area contributed by atoms with Gasteiger partial charge in [-0.2, -0.15) is 0 Å². The van der Waals surface area contributed by atoms with Gasteiger partial charge < -0.3 is 15.0 Å². The van der Waals surface area contributed by atoms with Crippen molar-refractivity contribution in [1.82, 2.24) is 5.32 Å². The van der Waals surface area contributed by atoms with E-state index in [4.69, 9.17) is 16.3 Å². The third-order valence-corrected chi connectivity index (χ3v) is 4.27. The van der Waals surface area contributed by atoms with Gasteiger partial charge in [0.2, 0.25) is 0 Å². The lowest BCUT2D eigenvalue weighted by atomic mass is 9.96. The maximum absolute atomic E-state index is 6.45. The number of para-hydroxylation sites is 1. The smallest absolute Gasteiger partial charge is 0.0642 e. The minimum atomic E-state index is 0.691. The highest BCUT2D eigenvalue weighted by atomic mass is 35.5. The normalized spacial score (nSPS) is 16.6. The molecule has 4 heteroatoms. The third-order valence-electron chi connectivity index (χ3n) is 3.97. The molecule has 0 unspecified atom stereocenters. The number of rotatable bonds is 6. The average Bonchev–Trinajstić information content (AvgIpc) is 2.47. The Kier molecular flexibility index (Phi) is 6.14. The van der Waals surface area contributed by atoms with Crippen LogP contribution < -0.4 is 10.2 Å². The molecule has 0 saturated carbocycles.